The van der Waals surface area contributed by atoms with E-state index in [1.807, 2.05) is 44.2 Å². The second-order valence-electron chi connectivity index (χ2n) is 5.47. The van der Waals surface area contributed by atoms with Gasteiger partial charge in [-0.25, -0.2) is 0 Å². The summed E-state index contributed by atoms with van der Waals surface area (Å²) in [4.78, 5) is 16.4. The Morgan fingerprint density at radius 3 is 2.57 bits per heavy atom. The fourth-order valence-electron chi connectivity index (χ4n) is 2.00. The Hall–Kier alpha value is -1.92. The lowest BCUT2D eigenvalue weighted by Gasteiger charge is -2.19. The Bertz CT molecular complexity index is 618. The highest BCUT2D eigenvalue weighted by Crippen LogP contribution is 2.19. The lowest BCUT2D eigenvalue weighted by molar-refractivity contribution is -0.124. The Labute approximate surface area is 142 Å². The van der Waals surface area contributed by atoms with Gasteiger partial charge in [0.25, 0.3) is 5.89 Å². The molecule has 1 heterocycles. The zero-order valence-corrected chi connectivity index (χ0v) is 14.3. The minimum absolute atomic E-state index is 0. The normalized spacial score (nSPS) is 14.4. The number of aromatic nitrogens is 2. The van der Waals surface area contributed by atoms with E-state index in [9.17, 15) is 4.79 Å². The molecule has 1 amide bonds. The molecule has 1 aromatic heterocycles. The van der Waals surface area contributed by atoms with E-state index < -0.39 is 6.04 Å². The van der Waals surface area contributed by atoms with Crippen LogP contribution in [0.1, 0.15) is 39.1 Å². The number of amides is 1. The van der Waals surface area contributed by atoms with Gasteiger partial charge in [-0.15, -0.1) is 12.4 Å². The summed E-state index contributed by atoms with van der Waals surface area (Å²) in [6.45, 7) is 5.77. The molecular weight excluding hydrogens is 316 g/mol. The molecule has 0 aliphatic rings. The highest BCUT2D eigenvalue weighted by atomic mass is 35.5. The van der Waals surface area contributed by atoms with Gasteiger partial charge in [0.2, 0.25) is 5.91 Å². The molecule has 0 spiro atoms. The first-order valence-corrected chi connectivity index (χ1v) is 7.48. The first-order chi connectivity index (χ1) is 10.5. The molecule has 0 fully saturated rings. The van der Waals surface area contributed by atoms with Crippen LogP contribution in [0.25, 0.3) is 11.5 Å². The van der Waals surface area contributed by atoms with E-state index in [0.717, 1.165) is 12.0 Å². The van der Waals surface area contributed by atoms with Crippen LogP contribution < -0.4 is 11.1 Å². The van der Waals surface area contributed by atoms with Gasteiger partial charge in [-0.2, -0.15) is 4.98 Å². The molecule has 126 valence electrons. The quantitative estimate of drug-likeness (QED) is 0.844. The molecule has 6 nitrogen and oxygen atoms in total. The fraction of sp³-hybridized carbons (Fsp3) is 0.438. The van der Waals surface area contributed by atoms with Crippen molar-refractivity contribution in [1.82, 2.24) is 15.5 Å². The zero-order valence-electron chi connectivity index (χ0n) is 13.5. The van der Waals surface area contributed by atoms with Gasteiger partial charge in [-0.1, -0.05) is 43.6 Å². The average molecular weight is 339 g/mol. The standard InChI is InChI=1S/C16H22N4O2.ClH/c1-4-10(2)13(17)15(21)18-11(3)14-19-16(22-20-14)12-8-6-5-7-9-12;/h5-11,13H,4,17H2,1-3H3,(H,18,21);1H. The summed E-state index contributed by atoms with van der Waals surface area (Å²) in [5.41, 5.74) is 6.76. The van der Waals surface area contributed by atoms with Crippen molar-refractivity contribution in [2.45, 2.75) is 39.3 Å². The van der Waals surface area contributed by atoms with Crippen LogP contribution in [0, 0.1) is 5.92 Å². The van der Waals surface area contributed by atoms with Gasteiger partial charge < -0.3 is 15.6 Å². The SMILES string of the molecule is CCC(C)C(N)C(=O)NC(C)c1noc(-c2ccccc2)n1.Cl. The molecule has 0 bridgehead atoms. The second-order valence-corrected chi connectivity index (χ2v) is 5.47. The Kier molecular flexibility index (Phi) is 7.19. The van der Waals surface area contributed by atoms with Crippen LogP contribution in [0.2, 0.25) is 0 Å². The molecule has 23 heavy (non-hydrogen) atoms. The van der Waals surface area contributed by atoms with Crippen molar-refractivity contribution < 1.29 is 9.32 Å². The monoisotopic (exact) mass is 338 g/mol. The van der Waals surface area contributed by atoms with Gasteiger partial charge in [0.15, 0.2) is 5.82 Å². The molecule has 2 aromatic rings. The first kappa shape index (κ1) is 19.1. The lowest BCUT2D eigenvalue weighted by atomic mass is 9.99. The first-order valence-electron chi connectivity index (χ1n) is 7.48. The molecular formula is C16H23ClN4O2. The maximum Gasteiger partial charge on any atom is 0.257 e. The number of carbonyl (C=O) groups excluding carboxylic acids is 1. The number of nitrogens with zero attached hydrogens (tertiary/aromatic N) is 2. The topological polar surface area (TPSA) is 94.0 Å². The molecule has 0 radical (unpaired) electrons. The van der Waals surface area contributed by atoms with Crippen LogP contribution >= 0.6 is 12.4 Å². The van der Waals surface area contributed by atoms with Crippen LogP contribution in [-0.4, -0.2) is 22.1 Å². The summed E-state index contributed by atoms with van der Waals surface area (Å²) >= 11 is 0. The molecule has 2 rings (SSSR count). The van der Waals surface area contributed by atoms with Crippen molar-refractivity contribution in [3.8, 4) is 11.5 Å². The summed E-state index contributed by atoms with van der Waals surface area (Å²) in [7, 11) is 0. The largest absolute Gasteiger partial charge is 0.345 e. The van der Waals surface area contributed by atoms with Gasteiger partial charge in [-0.05, 0) is 25.0 Å². The predicted molar refractivity (Wildman–Crippen MR) is 91.0 cm³/mol. The van der Waals surface area contributed by atoms with Gasteiger partial charge in [-0.3, -0.25) is 4.79 Å². The second kappa shape index (κ2) is 8.64. The van der Waals surface area contributed by atoms with E-state index in [-0.39, 0.29) is 30.3 Å². The Morgan fingerprint density at radius 1 is 1.30 bits per heavy atom. The molecule has 7 heteroatoms. The van der Waals surface area contributed by atoms with Crippen molar-refractivity contribution in [3.05, 3.63) is 36.2 Å². The molecule has 3 unspecified atom stereocenters. The highest BCUT2D eigenvalue weighted by molar-refractivity contribution is 5.85. The lowest BCUT2D eigenvalue weighted by Crippen LogP contribution is -2.45. The van der Waals surface area contributed by atoms with Crippen LogP contribution in [0.4, 0.5) is 0 Å². The summed E-state index contributed by atoms with van der Waals surface area (Å²) < 4.78 is 5.24. The number of halogens is 1. The number of nitrogens with one attached hydrogen (secondary N) is 1. The summed E-state index contributed by atoms with van der Waals surface area (Å²) in [5.74, 6) is 0.789. The van der Waals surface area contributed by atoms with E-state index >= 15 is 0 Å². The molecule has 3 atom stereocenters. The maximum atomic E-state index is 12.1. The van der Waals surface area contributed by atoms with Crippen LogP contribution in [0.5, 0.6) is 0 Å². The molecule has 0 saturated carbocycles. The summed E-state index contributed by atoms with van der Waals surface area (Å²) in [5, 5.41) is 6.76. The van der Waals surface area contributed by atoms with Gasteiger partial charge in [0.05, 0.1) is 12.1 Å². The van der Waals surface area contributed by atoms with E-state index in [1.165, 1.54) is 0 Å². The Morgan fingerprint density at radius 2 is 1.96 bits per heavy atom. The number of rotatable bonds is 6. The summed E-state index contributed by atoms with van der Waals surface area (Å²) in [6.07, 6.45) is 0.851. The van der Waals surface area contributed by atoms with E-state index in [4.69, 9.17) is 10.3 Å². The third-order valence-corrected chi connectivity index (χ3v) is 3.77. The predicted octanol–water partition coefficient (Wildman–Crippen LogP) is 2.71. The van der Waals surface area contributed by atoms with Crippen molar-refractivity contribution >= 4 is 18.3 Å². The molecule has 3 N–H and O–H groups in total. The third-order valence-electron chi connectivity index (χ3n) is 3.77. The third kappa shape index (κ3) is 4.77. The molecule has 0 aliphatic carbocycles. The van der Waals surface area contributed by atoms with Gasteiger partial charge >= 0.3 is 0 Å². The van der Waals surface area contributed by atoms with E-state index in [1.54, 1.807) is 6.92 Å². The number of benzene rings is 1. The van der Waals surface area contributed by atoms with Crippen molar-refractivity contribution in [2.75, 3.05) is 0 Å². The van der Waals surface area contributed by atoms with Gasteiger partial charge in [0.1, 0.15) is 0 Å². The highest BCUT2D eigenvalue weighted by Gasteiger charge is 2.23. The minimum Gasteiger partial charge on any atom is -0.345 e. The Balaban J connectivity index is 0.00000264. The van der Waals surface area contributed by atoms with Crippen molar-refractivity contribution in [2.24, 2.45) is 11.7 Å². The molecule has 0 saturated heterocycles. The maximum absolute atomic E-state index is 12.1. The average Bonchev–Trinajstić information content (AvgIpc) is 3.04. The number of hydrogen-bond donors (Lipinski definition) is 2. The number of hydrogen-bond acceptors (Lipinski definition) is 5. The minimum atomic E-state index is -0.534. The zero-order chi connectivity index (χ0) is 16.1. The molecule has 1 aromatic carbocycles. The smallest absolute Gasteiger partial charge is 0.257 e. The number of carbonyl (C=O) groups is 1. The van der Waals surface area contributed by atoms with Gasteiger partial charge in [0, 0.05) is 5.56 Å². The van der Waals surface area contributed by atoms with Crippen LogP contribution in [0.15, 0.2) is 34.9 Å². The number of nitrogens with two attached hydrogens (primary N) is 1. The van der Waals surface area contributed by atoms with E-state index in [0.29, 0.717) is 11.7 Å². The van der Waals surface area contributed by atoms with Crippen molar-refractivity contribution in [1.29, 1.82) is 0 Å². The fourth-order valence-corrected chi connectivity index (χ4v) is 2.00. The van der Waals surface area contributed by atoms with Crippen LogP contribution in [-0.2, 0) is 4.79 Å². The van der Waals surface area contributed by atoms with E-state index in [2.05, 4.69) is 15.5 Å². The van der Waals surface area contributed by atoms with Crippen molar-refractivity contribution in [3.63, 3.8) is 0 Å². The van der Waals surface area contributed by atoms with Crippen LogP contribution in [0.3, 0.4) is 0 Å². The summed E-state index contributed by atoms with van der Waals surface area (Å²) in [6, 6.07) is 8.60. The molecule has 0 aliphatic heterocycles.